The van der Waals surface area contributed by atoms with Gasteiger partial charge in [0.05, 0.1) is 5.69 Å². The fourth-order valence-corrected chi connectivity index (χ4v) is 3.02. The highest BCUT2D eigenvalue weighted by atomic mass is 15.0. The summed E-state index contributed by atoms with van der Waals surface area (Å²) in [6.45, 7) is 4.56. The van der Waals surface area contributed by atoms with Gasteiger partial charge in [-0.25, -0.2) is 0 Å². The average molecular weight is 246 g/mol. The van der Waals surface area contributed by atoms with Crippen molar-refractivity contribution in [3.8, 4) is 0 Å². The van der Waals surface area contributed by atoms with Crippen LogP contribution >= 0.6 is 0 Å². The maximum atomic E-state index is 4.44. The molecule has 0 aromatic carbocycles. The van der Waals surface area contributed by atoms with E-state index < -0.39 is 0 Å². The molecule has 1 heterocycles. The van der Waals surface area contributed by atoms with Gasteiger partial charge in [-0.1, -0.05) is 32.3 Å². The molecule has 0 amide bonds. The number of pyridine rings is 1. The summed E-state index contributed by atoms with van der Waals surface area (Å²) in [5.41, 5.74) is 1.16. The predicted molar refractivity (Wildman–Crippen MR) is 76.4 cm³/mol. The van der Waals surface area contributed by atoms with Crippen LogP contribution in [0.1, 0.15) is 64.1 Å². The first-order valence-corrected chi connectivity index (χ1v) is 7.46. The van der Waals surface area contributed by atoms with Crippen LogP contribution in [0.4, 0.5) is 0 Å². The van der Waals surface area contributed by atoms with Gasteiger partial charge >= 0.3 is 0 Å². The zero-order valence-corrected chi connectivity index (χ0v) is 11.7. The largest absolute Gasteiger partial charge is 0.306 e. The Morgan fingerprint density at radius 1 is 1.28 bits per heavy atom. The third kappa shape index (κ3) is 3.81. The van der Waals surface area contributed by atoms with E-state index in [0.717, 1.165) is 11.6 Å². The fraction of sp³-hybridized carbons (Fsp3) is 0.688. The van der Waals surface area contributed by atoms with Crippen LogP contribution in [-0.4, -0.2) is 11.0 Å². The molecule has 0 aliphatic heterocycles. The quantitative estimate of drug-likeness (QED) is 0.809. The third-order valence-electron chi connectivity index (χ3n) is 4.28. The van der Waals surface area contributed by atoms with E-state index in [2.05, 4.69) is 36.3 Å². The standard InChI is InChI=1S/C16H26N2/c1-3-14-7-6-8-15(11-10-14)18-13(2)16-9-4-5-12-17-16/h4-5,9,12-15,18H,3,6-8,10-11H2,1-2H3/t13-,14?,15?/m1/s1. The minimum Gasteiger partial charge on any atom is -0.306 e. The van der Waals surface area contributed by atoms with E-state index in [1.807, 2.05) is 12.3 Å². The van der Waals surface area contributed by atoms with Crippen molar-refractivity contribution in [1.29, 1.82) is 0 Å². The zero-order valence-electron chi connectivity index (χ0n) is 11.7. The minimum atomic E-state index is 0.370. The van der Waals surface area contributed by atoms with Gasteiger partial charge in [0.2, 0.25) is 0 Å². The highest BCUT2D eigenvalue weighted by molar-refractivity contribution is 5.07. The normalized spacial score (nSPS) is 26.6. The maximum Gasteiger partial charge on any atom is 0.0570 e. The number of hydrogen-bond donors (Lipinski definition) is 1. The molecular formula is C16H26N2. The summed E-state index contributed by atoms with van der Waals surface area (Å²) in [5, 5.41) is 3.76. The van der Waals surface area contributed by atoms with E-state index in [4.69, 9.17) is 0 Å². The molecule has 3 atom stereocenters. The number of hydrogen-bond acceptors (Lipinski definition) is 2. The molecule has 0 spiro atoms. The lowest BCUT2D eigenvalue weighted by atomic mass is 9.97. The lowest BCUT2D eigenvalue weighted by Gasteiger charge is -2.21. The van der Waals surface area contributed by atoms with Gasteiger partial charge in [-0.2, -0.15) is 0 Å². The molecule has 1 aliphatic carbocycles. The molecule has 1 N–H and O–H groups in total. The van der Waals surface area contributed by atoms with Gasteiger partial charge in [-0.3, -0.25) is 4.98 Å². The van der Waals surface area contributed by atoms with Crippen molar-refractivity contribution in [2.75, 3.05) is 0 Å². The van der Waals surface area contributed by atoms with Crippen LogP contribution in [-0.2, 0) is 0 Å². The highest BCUT2D eigenvalue weighted by Gasteiger charge is 2.19. The van der Waals surface area contributed by atoms with Gasteiger partial charge in [0, 0.05) is 18.3 Å². The van der Waals surface area contributed by atoms with Crippen molar-refractivity contribution >= 4 is 0 Å². The summed E-state index contributed by atoms with van der Waals surface area (Å²) in [7, 11) is 0. The van der Waals surface area contributed by atoms with Crippen molar-refractivity contribution < 1.29 is 0 Å². The topological polar surface area (TPSA) is 24.9 Å². The summed E-state index contributed by atoms with van der Waals surface area (Å²) in [6, 6.07) is 7.21. The second-order valence-electron chi connectivity index (χ2n) is 5.62. The van der Waals surface area contributed by atoms with Crippen LogP contribution in [0, 0.1) is 5.92 Å². The van der Waals surface area contributed by atoms with Gasteiger partial charge in [-0.05, 0) is 44.2 Å². The summed E-state index contributed by atoms with van der Waals surface area (Å²) in [5.74, 6) is 0.960. The van der Waals surface area contributed by atoms with Crippen molar-refractivity contribution in [3.05, 3.63) is 30.1 Å². The van der Waals surface area contributed by atoms with Crippen molar-refractivity contribution in [2.45, 2.75) is 64.5 Å². The second kappa shape index (κ2) is 6.89. The summed E-state index contributed by atoms with van der Waals surface area (Å²) in [4.78, 5) is 4.44. The molecule has 0 bridgehead atoms. The Balaban J connectivity index is 1.86. The van der Waals surface area contributed by atoms with Gasteiger partial charge in [-0.15, -0.1) is 0 Å². The molecule has 18 heavy (non-hydrogen) atoms. The summed E-state index contributed by atoms with van der Waals surface area (Å²) < 4.78 is 0. The summed E-state index contributed by atoms with van der Waals surface area (Å²) >= 11 is 0. The minimum absolute atomic E-state index is 0.370. The van der Waals surface area contributed by atoms with Crippen LogP contribution in [0.15, 0.2) is 24.4 Å². The van der Waals surface area contributed by atoms with Crippen LogP contribution in [0.25, 0.3) is 0 Å². The van der Waals surface area contributed by atoms with Gasteiger partial charge < -0.3 is 5.32 Å². The molecule has 1 aromatic heterocycles. The molecule has 2 nitrogen and oxygen atoms in total. The first kappa shape index (κ1) is 13.5. The van der Waals surface area contributed by atoms with E-state index in [9.17, 15) is 0 Å². The summed E-state index contributed by atoms with van der Waals surface area (Å²) in [6.07, 6.45) is 10.1. The zero-order chi connectivity index (χ0) is 12.8. The molecule has 2 rings (SSSR count). The van der Waals surface area contributed by atoms with Crippen LogP contribution < -0.4 is 5.32 Å². The average Bonchev–Trinajstić information content (AvgIpc) is 2.65. The number of aromatic nitrogens is 1. The lowest BCUT2D eigenvalue weighted by Crippen LogP contribution is -2.31. The molecule has 1 aromatic rings. The van der Waals surface area contributed by atoms with E-state index in [1.54, 1.807) is 0 Å². The Labute approximate surface area is 111 Å². The smallest absolute Gasteiger partial charge is 0.0570 e. The Morgan fingerprint density at radius 3 is 2.89 bits per heavy atom. The molecule has 1 fully saturated rings. The molecule has 0 radical (unpaired) electrons. The van der Waals surface area contributed by atoms with Crippen LogP contribution in [0.3, 0.4) is 0 Å². The molecule has 1 aliphatic rings. The van der Waals surface area contributed by atoms with E-state index in [-0.39, 0.29) is 0 Å². The number of nitrogens with one attached hydrogen (secondary N) is 1. The monoisotopic (exact) mass is 246 g/mol. The van der Waals surface area contributed by atoms with Gasteiger partial charge in [0.1, 0.15) is 0 Å². The lowest BCUT2D eigenvalue weighted by molar-refractivity contribution is 0.396. The Kier molecular flexibility index (Phi) is 5.18. The SMILES string of the molecule is CCC1CCCC(N[C@H](C)c2ccccn2)CC1. The third-order valence-corrected chi connectivity index (χ3v) is 4.28. The first-order chi connectivity index (χ1) is 8.79. The maximum absolute atomic E-state index is 4.44. The fourth-order valence-electron chi connectivity index (χ4n) is 3.02. The highest BCUT2D eigenvalue weighted by Crippen LogP contribution is 2.26. The number of rotatable bonds is 4. The van der Waals surface area contributed by atoms with Crippen molar-refractivity contribution in [2.24, 2.45) is 5.92 Å². The molecule has 100 valence electrons. The van der Waals surface area contributed by atoms with Crippen LogP contribution in [0.5, 0.6) is 0 Å². The Morgan fingerprint density at radius 2 is 2.17 bits per heavy atom. The molecule has 2 unspecified atom stereocenters. The van der Waals surface area contributed by atoms with E-state index >= 15 is 0 Å². The molecular weight excluding hydrogens is 220 g/mol. The Bertz CT molecular complexity index is 336. The Hall–Kier alpha value is -0.890. The molecule has 0 saturated heterocycles. The van der Waals surface area contributed by atoms with E-state index in [0.29, 0.717) is 12.1 Å². The van der Waals surface area contributed by atoms with Gasteiger partial charge in [0.15, 0.2) is 0 Å². The first-order valence-electron chi connectivity index (χ1n) is 7.46. The number of nitrogens with zero attached hydrogens (tertiary/aromatic N) is 1. The second-order valence-corrected chi connectivity index (χ2v) is 5.62. The van der Waals surface area contributed by atoms with Crippen LogP contribution in [0.2, 0.25) is 0 Å². The molecule has 2 heteroatoms. The van der Waals surface area contributed by atoms with Crippen molar-refractivity contribution in [3.63, 3.8) is 0 Å². The predicted octanol–water partition coefficient (Wildman–Crippen LogP) is 4.09. The van der Waals surface area contributed by atoms with Crippen molar-refractivity contribution in [1.82, 2.24) is 10.3 Å². The van der Waals surface area contributed by atoms with E-state index in [1.165, 1.54) is 38.5 Å². The molecule has 1 saturated carbocycles. The van der Waals surface area contributed by atoms with Gasteiger partial charge in [0.25, 0.3) is 0 Å².